The Morgan fingerprint density at radius 2 is 2.33 bits per heavy atom. The number of nitrogens with zero attached hydrogens (tertiary/aromatic N) is 1. The van der Waals surface area contributed by atoms with Crippen LogP contribution < -0.4 is 4.72 Å². The maximum absolute atomic E-state index is 11.9. The number of halogens is 1. The normalized spacial score (nSPS) is 19.1. The van der Waals surface area contributed by atoms with E-state index < -0.39 is 15.6 Å². The first-order valence-electron chi connectivity index (χ1n) is 4.50. The van der Waals surface area contributed by atoms with Crippen LogP contribution in [0.1, 0.15) is 17.8 Å². The van der Waals surface area contributed by atoms with Gasteiger partial charge in [0.25, 0.3) is 10.0 Å². The number of hydrogen-bond donors (Lipinski definition) is 1. The zero-order chi connectivity index (χ0) is 11.1. The number of aromatic nitrogens is 1. The van der Waals surface area contributed by atoms with Gasteiger partial charge in [-0.1, -0.05) is 0 Å². The van der Waals surface area contributed by atoms with Crippen molar-refractivity contribution in [2.75, 3.05) is 5.88 Å². The summed E-state index contributed by atoms with van der Waals surface area (Å²) in [7, 11) is -3.43. The van der Waals surface area contributed by atoms with Gasteiger partial charge in [0.05, 0.1) is 11.2 Å². The molecule has 2 rings (SSSR count). The second-order valence-electron chi connectivity index (χ2n) is 3.72. The highest BCUT2D eigenvalue weighted by Crippen LogP contribution is 2.38. The van der Waals surface area contributed by atoms with Crippen molar-refractivity contribution >= 4 is 33.0 Å². The molecular formula is C8H11ClN2O2S2. The lowest BCUT2D eigenvalue weighted by Crippen LogP contribution is -2.37. The monoisotopic (exact) mass is 266 g/mol. The predicted octanol–water partition coefficient (Wildman–Crippen LogP) is 1.50. The van der Waals surface area contributed by atoms with Gasteiger partial charge in [-0.3, -0.25) is 0 Å². The summed E-state index contributed by atoms with van der Waals surface area (Å²) >= 11 is 6.88. The van der Waals surface area contributed by atoms with E-state index in [-0.39, 0.29) is 4.21 Å². The first kappa shape index (κ1) is 11.3. The lowest BCUT2D eigenvalue weighted by Gasteiger charge is -2.12. The first-order chi connectivity index (χ1) is 6.97. The Hall–Kier alpha value is -0.170. The molecule has 1 aliphatic carbocycles. The zero-order valence-corrected chi connectivity index (χ0v) is 10.5. The van der Waals surface area contributed by atoms with Crippen LogP contribution in [0.4, 0.5) is 0 Å². The van der Waals surface area contributed by atoms with Crippen molar-refractivity contribution in [2.45, 2.75) is 29.5 Å². The van der Waals surface area contributed by atoms with Crippen LogP contribution in [-0.4, -0.2) is 24.8 Å². The molecule has 1 aliphatic rings. The van der Waals surface area contributed by atoms with Gasteiger partial charge in [0.15, 0.2) is 4.21 Å². The quantitative estimate of drug-likeness (QED) is 0.841. The van der Waals surface area contributed by atoms with Crippen LogP contribution in [-0.2, 0) is 10.0 Å². The van der Waals surface area contributed by atoms with Crippen molar-refractivity contribution < 1.29 is 8.42 Å². The average molecular weight is 267 g/mol. The van der Waals surface area contributed by atoms with Crippen molar-refractivity contribution in [1.82, 2.24) is 9.71 Å². The maximum Gasteiger partial charge on any atom is 0.252 e. The van der Waals surface area contributed by atoms with Gasteiger partial charge in [0.1, 0.15) is 0 Å². The zero-order valence-electron chi connectivity index (χ0n) is 8.16. The van der Waals surface area contributed by atoms with Crippen molar-refractivity contribution in [3.63, 3.8) is 0 Å². The standard InChI is InChI=1S/C8H11ClN2O2S2/c1-6-10-4-7(14-6)15(12,13)11-8(5-9)2-3-8/h4,11H,2-3,5H2,1H3. The number of alkyl halides is 1. The molecule has 1 heterocycles. The molecule has 84 valence electrons. The average Bonchev–Trinajstić information content (AvgIpc) is 2.78. The second kappa shape index (κ2) is 3.69. The van der Waals surface area contributed by atoms with Gasteiger partial charge < -0.3 is 0 Å². The summed E-state index contributed by atoms with van der Waals surface area (Å²) in [6.07, 6.45) is 3.01. The maximum atomic E-state index is 11.9. The molecule has 15 heavy (non-hydrogen) atoms. The smallest absolute Gasteiger partial charge is 0.249 e. The van der Waals surface area contributed by atoms with E-state index in [0.29, 0.717) is 5.88 Å². The van der Waals surface area contributed by atoms with E-state index in [0.717, 1.165) is 17.8 Å². The molecule has 0 aliphatic heterocycles. The topological polar surface area (TPSA) is 59.1 Å². The summed E-state index contributed by atoms with van der Waals surface area (Å²) in [4.78, 5) is 3.93. The van der Waals surface area contributed by atoms with Gasteiger partial charge in [0.2, 0.25) is 0 Å². The molecule has 0 atom stereocenters. The molecule has 1 aromatic rings. The number of aryl methyl sites for hydroxylation is 1. The van der Waals surface area contributed by atoms with Crippen LogP contribution in [0.2, 0.25) is 0 Å². The molecule has 0 spiro atoms. The van der Waals surface area contributed by atoms with E-state index in [1.165, 1.54) is 17.5 Å². The lowest BCUT2D eigenvalue weighted by atomic mass is 10.4. The van der Waals surface area contributed by atoms with E-state index in [2.05, 4.69) is 9.71 Å². The van der Waals surface area contributed by atoms with E-state index in [4.69, 9.17) is 11.6 Å². The molecule has 7 heteroatoms. The molecule has 1 saturated carbocycles. The Morgan fingerprint density at radius 1 is 1.67 bits per heavy atom. The van der Waals surface area contributed by atoms with Gasteiger partial charge in [-0.25, -0.2) is 18.1 Å². The number of thiazole rings is 1. The summed E-state index contributed by atoms with van der Waals surface area (Å²) < 4.78 is 26.6. The van der Waals surface area contributed by atoms with E-state index in [1.54, 1.807) is 6.92 Å². The van der Waals surface area contributed by atoms with Crippen molar-refractivity contribution in [2.24, 2.45) is 0 Å². The molecule has 0 unspecified atom stereocenters. The fourth-order valence-electron chi connectivity index (χ4n) is 1.22. The van der Waals surface area contributed by atoms with Crippen LogP contribution in [0.5, 0.6) is 0 Å². The second-order valence-corrected chi connectivity index (χ2v) is 7.13. The van der Waals surface area contributed by atoms with E-state index in [1.807, 2.05) is 0 Å². The lowest BCUT2D eigenvalue weighted by molar-refractivity contribution is 0.561. The van der Waals surface area contributed by atoms with Gasteiger partial charge >= 0.3 is 0 Å². The number of nitrogens with one attached hydrogen (secondary N) is 1. The summed E-state index contributed by atoms with van der Waals surface area (Å²) in [5, 5.41) is 0.742. The van der Waals surface area contributed by atoms with Crippen molar-refractivity contribution in [1.29, 1.82) is 0 Å². The largest absolute Gasteiger partial charge is 0.252 e. The Labute approximate surface area is 97.7 Å². The highest BCUT2D eigenvalue weighted by atomic mass is 35.5. The Balaban J connectivity index is 2.21. The van der Waals surface area contributed by atoms with E-state index in [9.17, 15) is 8.42 Å². The molecule has 0 radical (unpaired) electrons. The Morgan fingerprint density at radius 3 is 2.73 bits per heavy atom. The van der Waals surface area contributed by atoms with Crippen molar-refractivity contribution in [3.8, 4) is 0 Å². The highest BCUT2D eigenvalue weighted by molar-refractivity contribution is 7.91. The van der Waals surface area contributed by atoms with Crippen LogP contribution in [0.15, 0.2) is 10.4 Å². The number of hydrogen-bond acceptors (Lipinski definition) is 4. The molecular weight excluding hydrogens is 256 g/mol. The molecule has 1 aromatic heterocycles. The van der Waals surface area contributed by atoms with Crippen LogP contribution in [0, 0.1) is 6.92 Å². The molecule has 1 N–H and O–H groups in total. The summed E-state index contributed by atoms with van der Waals surface area (Å²) in [6, 6.07) is 0. The summed E-state index contributed by atoms with van der Waals surface area (Å²) in [5.41, 5.74) is -0.404. The molecule has 0 amide bonds. The molecule has 4 nitrogen and oxygen atoms in total. The SMILES string of the molecule is Cc1ncc(S(=O)(=O)NC2(CCl)CC2)s1. The van der Waals surface area contributed by atoms with Gasteiger partial charge in [-0.2, -0.15) is 0 Å². The van der Waals surface area contributed by atoms with Crippen LogP contribution in [0.3, 0.4) is 0 Å². The van der Waals surface area contributed by atoms with Gasteiger partial charge in [-0.15, -0.1) is 22.9 Å². The van der Waals surface area contributed by atoms with Crippen molar-refractivity contribution in [3.05, 3.63) is 11.2 Å². The minimum atomic E-state index is -3.43. The van der Waals surface area contributed by atoms with Crippen LogP contribution in [0.25, 0.3) is 0 Å². The molecule has 1 fully saturated rings. The van der Waals surface area contributed by atoms with Crippen LogP contribution >= 0.6 is 22.9 Å². The third-order valence-electron chi connectivity index (χ3n) is 2.33. The predicted molar refractivity (Wildman–Crippen MR) is 59.9 cm³/mol. The Kier molecular flexibility index (Phi) is 2.79. The third-order valence-corrected chi connectivity index (χ3v) is 5.79. The minimum absolute atomic E-state index is 0.261. The Bertz CT molecular complexity index is 465. The third kappa shape index (κ3) is 2.33. The summed E-state index contributed by atoms with van der Waals surface area (Å²) in [6.45, 7) is 1.78. The fraction of sp³-hybridized carbons (Fsp3) is 0.625. The minimum Gasteiger partial charge on any atom is -0.249 e. The molecule has 0 aromatic carbocycles. The van der Waals surface area contributed by atoms with Gasteiger partial charge in [-0.05, 0) is 19.8 Å². The number of rotatable bonds is 4. The highest BCUT2D eigenvalue weighted by Gasteiger charge is 2.45. The molecule has 0 saturated heterocycles. The first-order valence-corrected chi connectivity index (χ1v) is 7.33. The summed E-state index contributed by atoms with van der Waals surface area (Å²) in [5.74, 6) is 0.323. The molecule has 0 bridgehead atoms. The number of sulfonamides is 1. The van der Waals surface area contributed by atoms with E-state index >= 15 is 0 Å². The fourth-order valence-corrected chi connectivity index (χ4v) is 4.19. The van der Waals surface area contributed by atoms with Gasteiger partial charge in [0, 0.05) is 11.4 Å².